The van der Waals surface area contributed by atoms with E-state index in [2.05, 4.69) is 167 Å². The van der Waals surface area contributed by atoms with E-state index >= 15 is 0 Å². The van der Waals surface area contributed by atoms with Gasteiger partial charge in [-0.1, -0.05) is 156 Å². The third kappa shape index (κ3) is 4.05. The van der Waals surface area contributed by atoms with E-state index in [0.29, 0.717) is 11.3 Å². The number of para-hydroxylation sites is 1. The molecule has 3 aliphatic carbocycles. The largest absolute Gasteiger partial charge is 0.310 e. The molecule has 7 aromatic carbocycles. The zero-order valence-electron chi connectivity index (χ0n) is 33.4. The lowest BCUT2D eigenvalue weighted by atomic mass is 9.69. The molecular weight excluding hydrogens is 627 g/mol. The monoisotopic (exact) mass is 672 g/mol. The Balaban J connectivity index is 1.27. The summed E-state index contributed by atoms with van der Waals surface area (Å²) >= 11 is 0. The van der Waals surface area contributed by atoms with Crippen LogP contribution < -0.4 is 4.90 Å². The minimum Gasteiger partial charge on any atom is -0.310 e. The first-order chi connectivity index (χ1) is 26.3. The molecule has 0 fully saturated rings. The highest BCUT2D eigenvalue weighted by molar-refractivity contribution is 5.97. The van der Waals surface area contributed by atoms with Crippen LogP contribution in [0.5, 0.6) is 0 Å². The van der Waals surface area contributed by atoms with Crippen LogP contribution in [0.2, 0.25) is 0 Å². The SMILES string of the molecule is [2H]C([2H])([2H])c1ccccc1N(c1ccc2c(c1)C(C)(C)c1ccccc1-2)c1ccc2c(c1)C1(c3ccccc3-2)c2ccccc2-c2ccc(C(C)(C)C)cc21. The van der Waals surface area contributed by atoms with Gasteiger partial charge in [-0.2, -0.15) is 0 Å². The maximum Gasteiger partial charge on any atom is 0.0726 e. The summed E-state index contributed by atoms with van der Waals surface area (Å²) in [5.41, 5.74) is 18.4. The molecule has 7 aromatic rings. The zero-order chi connectivity index (χ0) is 38.1. The van der Waals surface area contributed by atoms with Crippen LogP contribution in [0.3, 0.4) is 0 Å². The molecule has 0 amide bonds. The molecule has 0 aliphatic heterocycles. The van der Waals surface area contributed by atoms with Crippen LogP contribution in [0.25, 0.3) is 33.4 Å². The number of benzene rings is 7. The van der Waals surface area contributed by atoms with Crippen molar-refractivity contribution >= 4 is 17.1 Å². The lowest BCUT2D eigenvalue weighted by Crippen LogP contribution is -2.27. The van der Waals surface area contributed by atoms with Gasteiger partial charge in [0.25, 0.3) is 0 Å². The second-order valence-corrected chi connectivity index (χ2v) is 16.3. The van der Waals surface area contributed by atoms with Crippen LogP contribution in [0.15, 0.2) is 152 Å². The van der Waals surface area contributed by atoms with Gasteiger partial charge in [-0.05, 0) is 120 Å². The normalized spacial score (nSPS) is 18.0. The van der Waals surface area contributed by atoms with Crippen LogP contribution >= 0.6 is 0 Å². The molecule has 52 heavy (non-hydrogen) atoms. The highest BCUT2D eigenvalue weighted by atomic mass is 15.1. The van der Waals surface area contributed by atoms with Gasteiger partial charge in [-0.3, -0.25) is 0 Å². The molecule has 1 heteroatoms. The smallest absolute Gasteiger partial charge is 0.0726 e. The van der Waals surface area contributed by atoms with Crippen molar-refractivity contribution < 1.29 is 4.11 Å². The fraction of sp³-hybridized carbons (Fsp3) is 0.176. The Kier molecular flexibility index (Phi) is 5.75. The molecule has 0 aromatic heterocycles. The van der Waals surface area contributed by atoms with Gasteiger partial charge in [0.1, 0.15) is 0 Å². The lowest BCUT2D eigenvalue weighted by Gasteiger charge is -2.33. The number of anilines is 3. The molecular formula is C51H43N. The second-order valence-electron chi connectivity index (χ2n) is 16.3. The Morgan fingerprint density at radius 1 is 0.462 bits per heavy atom. The van der Waals surface area contributed by atoms with Crippen molar-refractivity contribution in [2.75, 3.05) is 4.90 Å². The van der Waals surface area contributed by atoms with Crippen LogP contribution in [-0.4, -0.2) is 0 Å². The van der Waals surface area contributed by atoms with Gasteiger partial charge in [0.2, 0.25) is 0 Å². The van der Waals surface area contributed by atoms with Gasteiger partial charge in [0.05, 0.1) is 5.41 Å². The van der Waals surface area contributed by atoms with Gasteiger partial charge >= 0.3 is 0 Å². The molecule has 0 saturated carbocycles. The quantitative estimate of drug-likeness (QED) is 0.181. The average molecular weight is 673 g/mol. The van der Waals surface area contributed by atoms with Crippen LogP contribution in [0.4, 0.5) is 17.1 Å². The van der Waals surface area contributed by atoms with Crippen molar-refractivity contribution in [1.82, 2.24) is 0 Å². The molecule has 1 nitrogen and oxygen atoms in total. The van der Waals surface area contributed by atoms with E-state index in [1.54, 1.807) is 6.07 Å². The molecule has 252 valence electrons. The van der Waals surface area contributed by atoms with E-state index in [1.807, 2.05) is 18.2 Å². The lowest BCUT2D eigenvalue weighted by molar-refractivity contribution is 0.588. The van der Waals surface area contributed by atoms with Crippen molar-refractivity contribution in [3.8, 4) is 33.4 Å². The summed E-state index contributed by atoms with van der Waals surface area (Å²) in [6.07, 6.45) is 0. The van der Waals surface area contributed by atoms with E-state index in [-0.39, 0.29) is 10.8 Å². The molecule has 1 unspecified atom stereocenters. The highest BCUT2D eigenvalue weighted by Gasteiger charge is 2.52. The Hall–Kier alpha value is -5.66. The van der Waals surface area contributed by atoms with Crippen molar-refractivity contribution in [2.45, 2.75) is 57.7 Å². The average Bonchev–Trinajstić information content (AvgIpc) is 3.73. The van der Waals surface area contributed by atoms with E-state index in [4.69, 9.17) is 4.11 Å². The fourth-order valence-electron chi connectivity index (χ4n) is 9.66. The molecule has 1 atom stereocenters. The van der Waals surface area contributed by atoms with Crippen molar-refractivity contribution in [3.63, 3.8) is 0 Å². The molecule has 0 N–H and O–H groups in total. The Labute approximate surface area is 312 Å². The van der Waals surface area contributed by atoms with E-state index in [1.165, 1.54) is 72.3 Å². The van der Waals surface area contributed by atoms with Gasteiger partial charge < -0.3 is 4.90 Å². The van der Waals surface area contributed by atoms with E-state index in [0.717, 1.165) is 11.4 Å². The van der Waals surface area contributed by atoms with Gasteiger partial charge in [-0.15, -0.1) is 0 Å². The van der Waals surface area contributed by atoms with Crippen LogP contribution in [0.1, 0.15) is 83.2 Å². The highest BCUT2D eigenvalue weighted by Crippen LogP contribution is 2.64. The molecule has 1 spiro atoms. The minimum absolute atomic E-state index is 0.0371. The Morgan fingerprint density at radius 3 is 1.54 bits per heavy atom. The molecule has 0 heterocycles. The molecule has 3 aliphatic rings. The first kappa shape index (κ1) is 28.0. The van der Waals surface area contributed by atoms with Crippen LogP contribution in [-0.2, 0) is 16.2 Å². The van der Waals surface area contributed by atoms with Gasteiger partial charge in [0.15, 0.2) is 0 Å². The number of nitrogens with zero attached hydrogens (tertiary/aromatic N) is 1. The standard InChI is InChI=1S/C51H43N/c1-32-15-7-14-22-48(32)52(34-24-27-39-36-16-8-11-19-42(36)50(5,6)45(39)30-34)35-25-28-41-38-18-10-13-21-44(38)51(47(41)31-35)43-20-12-9-17-37(43)40-26-23-33(29-46(40)51)49(2,3)4/h7-31H,1-6H3/i1D3. The predicted octanol–water partition coefficient (Wildman–Crippen LogP) is 13.4. The fourth-order valence-corrected chi connectivity index (χ4v) is 9.66. The molecule has 10 rings (SSSR count). The molecule has 0 bridgehead atoms. The predicted molar refractivity (Wildman–Crippen MR) is 218 cm³/mol. The number of fused-ring (bicyclic) bond motifs is 13. The summed E-state index contributed by atoms with van der Waals surface area (Å²) in [6, 6.07) is 54.6. The van der Waals surface area contributed by atoms with Crippen molar-refractivity contribution in [2.24, 2.45) is 0 Å². The van der Waals surface area contributed by atoms with Gasteiger partial charge in [-0.25, -0.2) is 0 Å². The van der Waals surface area contributed by atoms with Crippen molar-refractivity contribution in [3.05, 3.63) is 196 Å². The number of rotatable bonds is 3. The summed E-state index contributed by atoms with van der Waals surface area (Å²) in [7, 11) is 0. The summed E-state index contributed by atoms with van der Waals surface area (Å²) < 4.78 is 26.1. The van der Waals surface area contributed by atoms with E-state index in [9.17, 15) is 0 Å². The van der Waals surface area contributed by atoms with Crippen LogP contribution in [0, 0.1) is 6.85 Å². The summed E-state index contributed by atoms with van der Waals surface area (Å²) in [4.78, 5) is 2.19. The number of aryl methyl sites for hydroxylation is 1. The zero-order valence-corrected chi connectivity index (χ0v) is 30.4. The summed E-state index contributed by atoms with van der Waals surface area (Å²) in [5, 5.41) is 0. The number of hydrogen-bond acceptors (Lipinski definition) is 1. The van der Waals surface area contributed by atoms with Gasteiger partial charge in [0, 0.05) is 26.6 Å². The Bertz CT molecular complexity index is 2710. The summed E-state index contributed by atoms with van der Waals surface area (Å²) in [6.45, 7) is 9.12. The summed E-state index contributed by atoms with van der Waals surface area (Å²) in [5.74, 6) is 0. The van der Waals surface area contributed by atoms with Crippen molar-refractivity contribution in [1.29, 1.82) is 0 Å². The van der Waals surface area contributed by atoms with E-state index < -0.39 is 12.3 Å². The maximum atomic E-state index is 8.69. The minimum atomic E-state index is -2.32. The maximum absolute atomic E-state index is 8.69. The number of hydrogen-bond donors (Lipinski definition) is 0. The second kappa shape index (κ2) is 10.7. The first-order valence-corrected chi connectivity index (χ1v) is 18.4. The molecule has 0 saturated heterocycles. The third-order valence-electron chi connectivity index (χ3n) is 12.2. The Morgan fingerprint density at radius 2 is 0.923 bits per heavy atom. The topological polar surface area (TPSA) is 3.24 Å². The first-order valence-electron chi connectivity index (χ1n) is 19.9. The molecule has 0 radical (unpaired) electrons. The third-order valence-corrected chi connectivity index (χ3v) is 12.2.